The van der Waals surface area contributed by atoms with Crippen molar-refractivity contribution in [2.24, 2.45) is 0 Å². The number of halogens is 3. The normalized spacial score (nSPS) is 15.9. The Hall–Kier alpha value is -0.720. The first-order chi connectivity index (χ1) is 7.35. The molecule has 0 radical (unpaired) electrons. The fourth-order valence-electron chi connectivity index (χ4n) is 1.22. The van der Waals surface area contributed by atoms with Gasteiger partial charge in [-0.2, -0.15) is 13.2 Å². The maximum atomic E-state index is 12.6. The molecule has 90 valence electrons. The molecule has 0 aromatic heterocycles. The molecule has 1 atom stereocenters. The Morgan fingerprint density at radius 3 is 2.38 bits per heavy atom. The number of aliphatic hydroxyl groups excluding tert-OH is 1. The van der Waals surface area contributed by atoms with Gasteiger partial charge in [-0.25, -0.2) is 0 Å². The molecule has 0 saturated heterocycles. The summed E-state index contributed by atoms with van der Waals surface area (Å²) in [7, 11) is 0. The van der Waals surface area contributed by atoms with Crippen LogP contribution in [0, 0.1) is 0 Å². The Kier molecular flexibility index (Phi) is 3.88. The molecular weight excluding hydrogens is 241 g/mol. The SMILES string of the molecule is CSc1cccc([C@](O)(CO)C(F)(F)F)c1. The summed E-state index contributed by atoms with van der Waals surface area (Å²) in [6, 6.07) is 5.40. The zero-order valence-corrected chi connectivity index (χ0v) is 9.27. The summed E-state index contributed by atoms with van der Waals surface area (Å²) >= 11 is 1.26. The monoisotopic (exact) mass is 252 g/mol. The number of hydrogen-bond donors (Lipinski definition) is 2. The first-order valence-corrected chi connectivity index (χ1v) is 5.62. The minimum Gasteiger partial charge on any atom is -0.393 e. The molecule has 0 unspecified atom stereocenters. The fourth-order valence-corrected chi connectivity index (χ4v) is 1.68. The van der Waals surface area contributed by atoms with Crippen molar-refractivity contribution in [3.8, 4) is 0 Å². The van der Waals surface area contributed by atoms with Gasteiger partial charge in [0.1, 0.15) is 0 Å². The van der Waals surface area contributed by atoms with Gasteiger partial charge in [-0.15, -0.1) is 11.8 Å². The van der Waals surface area contributed by atoms with Gasteiger partial charge < -0.3 is 10.2 Å². The third-order valence-corrected chi connectivity index (χ3v) is 2.97. The van der Waals surface area contributed by atoms with Crippen LogP contribution in [0.25, 0.3) is 0 Å². The van der Waals surface area contributed by atoms with Crippen LogP contribution in [0.15, 0.2) is 29.2 Å². The van der Waals surface area contributed by atoms with E-state index >= 15 is 0 Å². The van der Waals surface area contributed by atoms with Crippen molar-refractivity contribution in [1.29, 1.82) is 0 Å². The van der Waals surface area contributed by atoms with Crippen molar-refractivity contribution in [2.45, 2.75) is 16.7 Å². The van der Waals surface area contributed by atoms with E-state index in [1.807, 2.05) is 0 Å². The highest BCUT2D eigenvalue weighted by Crippen LogP contribution is 2.39. The number of thioether (sulfide) groups is 1. The maximum Gasteiger partial charge on any atom is 0.423 e. The standard InChI is InChI=1S/C10H11F3O2S/c1-16-8-4-2-3-7(5-8)9(15,6-14)10(11,12)13/h2-5,14-15H,6H2,1H3/t9-/m1/s1. The van der Waals surface area contributed by atoms with Crippen LogP contribution in [0.1, 0.15) is 5.56 Å². The largest absolute Gasteiger partial charge is 0.423 e. The van der Waals surface area contributed by atoms with Crippen molar-refractivity contribution in [1.82, 2.24) is 0 Å². The first-order valence-electron chi connectivity index (χ1n) is 4.39. The highest BCUT2D eigenvalue weighted by molar-refractivity contribution is 7.98. The third kappa shape index (κ3) is 2.34. The van der Waals surface area contributed by atoms with Crippen LogP contribution in [0.4, 0.5) is 13.2 Å². The average Bonchev–Trinajstić information content (AvgIpc) is 2.26. The van der Waals surface area contributed by atoms with Crippen molar-refractivity contribution >= 4 is 11.8 Å². The number of alkyl halides is 3. The molecule has 0 saturated carbocycles. The Morgan fingerprint density at radius 2 is 1.94 bits per heavy atom. The molecule has 0 heterocycles. The smallest absolute Gasteiger partial charge is 0.393 e. The molecule has 2 N–H and O–H groups in total. The molecule has 1 aromatic rings. The van der Waals surface area contributed by atoms with E-state index in [-0.39, 0.29) is 5.56 Å². The molecule has 0 aliphatic heterocycles. The second kappa shape index (κ2) is 4.65. The molecule has 0 fully saturated rings. The summed E-state index contributed by atoms with van der Waals surface area (Å²) in [5.74, 6) is 0. The molecule has 2 nitrogen and oxygen atoms in total. The van der Waals surface area contributed by atoms with E-state index in [1.165, 1.54) is 23.9 Å². The number of aliphatic hydroxyl groups is 2. The van der Waals surface area contributed by atoms with Gasteiger partial charge in [-0.3, -0.25) is 0 Å². The van der Waals surface area contributed by atoms with E-state index in [1.54, 1.807) is 12.3 Å². The lowest BCUT2D eigenvalue weighted by molar-refractivity contribution is -0.277. The molecule has 1 rings (SSSR count). The molecule has 0 spiro atoms. The molecule has 6 heteroatoms. The van der Waals surface area contributed by atoms with Gasteiger partial charge in [0, 0.05) is 4.90 Å². The number of rotatable bonds is 3. The number of benzene rings is 1. The van der Waals surface area contributed by atoms with Gasteiger partial charge in [0.15, 0.2) is 0 Å². The second-order valence-electron chi connectivity index (χ2n) is 3.25. The van der Waals surface area contributed by atoms with Gasteiger partial charge in [-0.05, 0) is 24.0 Å². The summed E-state index contributed by atoms with van der Waals surface area (Å²) in [6.45, 7) is -1.39. The average molecular weight is 252 g/mol. The minimum atomic E-state index is -4.90. The quantitative estimate of drug-likeness (QED) is 0.810. The van der Waals surface area contributed by atoms with Gasteiger partial charge in [0.25, 0.3) is 0 Å². The zero-order valence-electron chi connectivity index (χ0n) is 8.45. The summed E-state index contributed by atoms with van der Waals surface area (Å²) < 4.78 is 37.8. The van der Waals surface area contributed by atoms with Crippen molar-refractivity contribution < 1.29 is 23.4 Å². The molecule has 1 aromatic carbocycles. The molecule has 16 heavy (non-hydrogen) atoms. The predicted octanol–water partition coefficient (Wildman–Crippen LogP) is 2.15. The summed E-state index contributed by atoms with van der Waals surface area (Å²) in [5, 5.41) is 18.2. The van der Waals surface area contributed by atoms with E-state index in [4.69, 9.17) is 5.11 Å². The Labute approximate surface area is 95.1 Å². The van der Waals surface area contributed by atoms with Crippen molar-refractivity contribution in [2.75, 3.05) is 12.9 Å². The van der Waals surface area contributed by atoms with Crippen LogP contribution in [0.5, 0.6) is 0 Å². The molecule has 0 amide bonds. The lowest BCUT2D eigenvalue weighted by Crippen LogP contribution is -2.45. The highest BCUT2D eigenvalue weighted by Gasteiger charge is 2.54. The highest BCUT2D eigenvalue weighted by atomic mass is 32.2. The van der Waals surface area contributed by atoms with Crippen molar-refractivity contribution in [3.63, 3.8) is 0 Å². The molecule has 0 aliphatic carbocycles. The third-order valence-electron chi connectivity index (χ3n) is 2.25. The van der Waals surface area contributed by atoms with E-state index in [9.17, 15) is 18.3 Å². The lowest BCUT2D eigenvalue weighted by Gasteiger charge is -2.29. The zero-order chi connectivity index (χ0) is 12.4. The van der Waals surface area contributed by atoms with Crippen LogP contribution in [0.3, 0.4) is 0 Å². The van der Waals surface area contributed by atoms with Crippen LogP contribution >= 0.6 is 11.8 Å². The van der Waals surface area contributed by atoms with Gasteiger partial charge in [0.05, 0.1) is 6.61 Å². The van der Waals surface area contributed by atoms with Crippen LogP contribution in [-0.2, 0) is 5.60 Å². The van der Waals surface area contributed by atoms with Crippen LogP contribution < -0.4 is 0 Å². The van der Waals surface area contributed by atoms with E-state index in [0.717, 1.165) is 6.07 Å². The van der Waals surface area contributed by atoms with E-state index in [2.05, 4.69) is 0 Å². The molecular formula is C10H11F3O2S. The van der Waals surface area contributed by atoms with Crippen LogP contribution in [0.2, 0.25) is 0 Å². The van der Waals surface area contributed by atoms with Crippen molar-refractivity contribution in [3.05, 3.63) is 29.8 Å². The Bertz CT molecular complexity index is 367. The van der Waals surface area contributed by atoms with E-state index in [0.29, 0.717) is 4.90 Å². The summed E-state index contributed by atoms with van der Waals surface area (Å²) in [4.78, 5) is 0.591. The Morgan fingerprint density at radius 1 is 1.31 bits per heavy atom. The topological polar surface area (TPSA) is 40.5 Å². The fraction of sp³-hybridized carbons (Fsp3) is 0.400. The van der Waals surface area contributed by atoms with Gasteiger partial charge in [0.2, 0.25) is 5.60 Å². The van der Waals surface area contributed by atoms with E-state index < -0.39 is 18.4 Å². The number of hydrogen-bond acceptors (Lipinski definition) is 3. The van der Waals surface area contributed by atoms with Crippen LogP contribution in [-0.4, -0.2) is 29.3 Å². The lowest BCUT2D eigenvalue weighted by atomic mass is 9.94. The second-order valence-corrected chi connectivity index (χ2v) is 4.13. The van der Waals surface area contributed by atoms with Gasteiger partial charge >= 0.3 is 6.18 Å². The molecule has 0 aliphatic rings. The Balaban J connectivity index is 3.23. The maximum absolute atomic E-state index is 12.6. The summed E-state index contributed by atoms with van der Waals surface area (Å²) in [5.41, 5.74) is -3.55. The summed E-state index contributed by atoms with van der Waals surface area (Å²) in [6.07, 6.45) is -3.19. The predicted molar refractivity (Wildman–Crippen MR) is 55.3 cm³/mol. The minimum absolute atomic E-state index is 0.352. The molecule has 0 bridgehead atoms. The van der Waals surface area contributed by atoms with Gasteiger partial charge in [-0.1, -0.05) is 12.1 Å². The first kappa shape index (κ1) is 13.3.